The summed E-state index contributed by atoms with van der Waals surface area (Å²) in [4.78, 5) is 64.2. The predicted molar refractivity (Wildman–Crippen MR) is 219 cm³/mol. The van der Waals surface area contributed by atoms with Crippen molar-refractivity contribution >= 4 is 52.2 Å². The number of nitrogens with two attached hydrogens (primary N) is 1. The maximum Gasteiger partial charge on any atom is 0.255 e. The molecule has 3 N–H and O–H groups in total. The van der Waals surface area contributed by atoms with Crippen molar-refractivity contribution in [1.29, 1.82) is 0 Å². The lowest BCUT2D eigenvalue weighted by atomic mass is 10.0. The molecule has 0 spiro atoms. The summed E-state index contributed by atoms with van der Waals surface area (Å²) in [5.41, 5.74) is 12.2. The first-order chi connectivity index (χ1) is 28.3. The second-order valence-corrected chi connectivity index (χ2v) is 15.8. The molecule has 0 aliphatic carbocycles. The number of nitrogen functional groups attached to an aromatic ring is 1. The standard InChI is InChI=1S/C44H40N8O5S/c45-41-39-40(29-13-15-32(16-14-29)57-31-5-2-1-3-6-31)49-52(42(39)47-26-46-41)30-19-21-50(22-20-30)38(54)23-27-9-11-28(12-10-27)25-58-36-8-4-7-33-34(36)24-51(44(33)56)35-17-18-37(53)48-43(35)55/h1-16,26,30,35H,17-25H2,(H2,45,46,47)(H,48,53,55). The molecule has 0 saturated carbocycles. The molecule has 0 bridgehead atoms. The maximum absolute atomic E-state index is 13.5. The molecule has 14 heteroatoms. The highest BCUT2D eigenvalue weighted by Crippen LogP contribution is 2.37. The van der Waals surface area contributed by atoms with Gasteiger partial charge in [0.25, 0.3) is 5.91 Å². The number of nitrogens with one attached hydrogen (secondary N) is 1. The molecule has 3 aliphatic heterocycles. The van der Waals surface area contributed by atoms with Gasteiger partial charge in [0, 0.05) is 47.8 Å². The summed E-state index contributed by atoms with van der Waals surface area (Å²) in [5, 5.41) is 8.10. The summed E-state index contributed by atoms with van der Waals surface area (Å²) in [6.45, 7) is 1.54. The Morgan fingerprint density at radius 1 is 0.845 bits per heavy atom. The second-order valence-electron chi connectivity index (χ2n) is 14.8. The Balaban J connectivity index is 0.804. The molecule has 4 amide bonds. The number of piperidine rings is 2. The third-order valence-electron chi connectivity index (χ3n) is 11.1. The number of benzene rings is 4. The topological polar surface area (TPSA) is 166 Å². The van der Waals surface area contributed by atoms with Crippen LogP contribution in [0.2, 0.25) is 0 Å². The number of carbonyl (C=O) groups is 4. The van der Waals surface area contributed by atoms with Crippen LogP contribution in [-0.2, 0) is 33.1 Å². The van der Waals surface area contributed by atoms with Crippen LogP contribution < -0.4 is 15.8 Å². The molecule has 0 radical (unpaired) electrons. The molecule has 2 aromatic heterocycles. The van der Waals surface area contributed by atoms with Gasteiger partial charge in [-0.1, -0.05) is 48.5 Å². The van der Waals surface area contributed by atoms with Crippen molar-refractivity contribution in [1.82, 2.24) is 34.9 Å². The lowest BCUT2D eigenvalue weighted by Crippen LogP contribution is -2.52. The Morgan fingerprint density at radius 2 is 1.59 bits per heavy atom. The molecule has 2 fully saturated rings. The highest BCUT2D eigenvalue weighted by molar-refractivity contribution is 7.98. The van der Waals surface area contributed by atoms with E-state index in [2.05, 4.69) is 15.3 Å². The summed E-state index contributed by atoms with van der Waals surface area (Å²) < 4.78 is 7.93. The Hall–Kier alpha value is -6.54. The van der Waals surface area contributed by atoms with Crippen LogP contribution in [0.3, 0.4) is 0 Å². The Labute approximate surface area is 338 Å². The van der Waals surface area contributed by atoms with Gasteiger partial charge in [-0.2, -0.15) is 5.10 Å². The fourth-order valence-corrected chi connectivity index (χ4v) is 9.05. The first-order valence-corrected chi connectivity index (χ1v) is 20.3. The average Bonchev–Trinajstić information content (AvgIpc) is 3.80. The predicted octanol–water partition coefficient (Wildman–Crippen LogP) is 6.33. The molecule has 4 aromatic carbocycles. The zero-order chi connectivity index (χ0) is 39.8. The highest BCUT2D eigenvalue weighted by atomic mass is 32.2. The van der Waals surface area contributed by atoms with Gasteiger partial charge >= 0.3 is 0 Å². The minimum atomic E-state index is -0.645. The van der Waals surface area contributed by atoms with Crippen LogP contribution in [0, 0.1) is 0 Å². The maximum atomic E-state index is 13.5. The zero-order valence-corrected chi connectivity index (χ0v) is 32.4. The Kier molecular flexibility index (Phi) is 10.1. The van der Waals surface area contributed by atoms with Crippen LogP contribution in [0.1, 0.15) is 58.8 Å². The molecule has 2 saturated heterocycles. The van der Waals surface area contributed by atoms with E-state index in [1.165, 1.54) is 6.33 Å². The van der Waals surface area contributed by atoms with Crippen LogP contribution in [0.25, 0.3) is 22.3 Å². The molecule has 5 heterocycles. The van der Waals surface area contributed by atoms with Crippen LogP contribution in [0.4, 0.5) is 5.82 Å². The summed E-state index contributed by atoms with van der Waals surface area (Å²) in [5.74, 6) is 1.70. The van der Waals surface area contributed by atoms with Crippen LogP contribution >= 0.6 is 11.8 Å². The number of hydrogen-bond donors (Lipinski definition) is 2. The van der Waals surface area contributed by atoms with E-state index < -0.39 is 11.9 Å². The van der Waals surface area contributed by atoms with E-state index in [1.54, 1.807) is 22.7 Å². The first kappa shape index (κ1) is 37.1. The number of ether oxygens (including phenoxy) is 1. The number of hydrogen-bond acceptors (Lipinski definition) is 10. The number of thioether (sulfide) groups is 1. The number of anilines is 1. The van der Waals surface area contributed by atoms with Crippen molar-refractivity contribution in [2.45, 2.75) is 61.4 Å². The molecule has 1 unspecified atom stereocenters. The monoisotopic (exact) mass is 792 g/mol. The van der Waals surface area contributed by atoms with Crippen LogP contribution in [0.5, 0.6) is 11.5 Å². The normalized spacial score (nSPS) is 17.1. The van der Waals surface area contributed by atoms with Crippen molar-refractivity contribution in [3.05, 3.63) is 126 Å². The zero-order valence-electron chi connectivity index (χ0n) is 31.5. The van der Waals surface area contributed by atoms with E-state index in [9.17, 15) is 19.2 Å². The van der Waals surface area contributed by atoms with Gasteiger partial charge in [-0.25, -0.2) is 14.6 Å². The van der Waals surface area contributed by atoms with E-state index in [1.807, 2.05) is 101 Å². The molecule has 9 rings (SSSR count). The molecule has 1 atom stereocenters. The third-order valence-corrected chi connectivity index (χ3v) is 12.3. The number of imide groups is 1. The van der Waals surface area contributed by atoms with Crippen molar-refractivity contribution in [3.63, 3.8) is 0 Å². The summed E-state index contributed by atoms with van der Waals surface area (Å²) >= 11 is 1.64. The average molecular weight is 793 g/mol. The lowest BCUT2D eigenvalue weighted by molar-refractivity contribution is -0.137. The number of carbonyl (C=O) groups excluding carboxylic acids is 4. The minimum absolute atomic E-state index is 0.0385. The molecular weight excluding hydrogens is 753 g/mol. The van der Waals surface area contributed by atoms with Crippen LogP contribution in [-0.4, -0.2) is 72.3 Å². The van der Waals surface area contributed by atoms with Gasteiger partial charge in [0.2, 0.25) is 17.7 Å². The highest BCUT2D eigenvalue weighted by Gasteiger charge is 2.40. The van der Waals surface area contributed by atoms with E-state index in [4.69, 9.17) is 15.6 Å². The number of likely N-dealkylation sites (tertiary alicyclic amines) is 1. The first-order valence-electron chi connectivity index (χ1n) is 19.4. The number of nitrogens with zero attached hydrogens (tertiary/aromatic N) is 6. The Morgan fingerprint density at radius 3 is 2.34 bits per heavy atom. The van der Waals surface area contributed by atoms with E-state index in [0.29, 0.717) is 72.1 Å². The van der Waals surface area contributed by atoms with E-state index in [0.717, 1.165) is 45.7 Å². The number of rotatable bonds is 10. The molecule has 292 valence electrons. The molecule has 6 aromatic rings. The smallest absolute Gasteiger partial charge is 0.255 e. The number of para-hydroxylation sites is 1. The van der Waals surface area contributed by atoms with E-state index >= 15 is 0 Å². The van der Waals surface area contributed by atoms with Gasteiger partial charge in [0.05, 0.1) is 17.8 Å². The van der Waals surface area contributed by atoms with Crippen molar-refractivity contribution in [2.24, 2.45) is 0 Å². The van der Waals surface area contributed by atoms with Gasteiger partial charge in [0.1, 0.15) is 35.4 Å². The number of amides is 4. The van der Waals surface area contributed by atoms with Crippen LogP contribution in [0.15, 0.2) is 108 Å². The summed E-state index contributed by atoms with van der Waals surface area (Å²) in [7, 11) is 0. The summed E-state index contributed by atoms with van der Waals surface area (Å²) in [6, 6.07) is 30.5. The fourth-order valence-electron chi connectivity index (χ4n) is 8.01. The fraction of sp³-hybridized carbons (Fsp3) is 0.250. The molecule has 58 heavy (non-hydrogen) atoms. The molecule has 13 nitrogen and oxygen atoms in total. The van der Waals surface area contributed by atoms with Crippen molar-refractivity contribution < 1.29 is 23.9 Å². The SMILES string of the molecule is Nc1ncnc2c1c(-c1ccc(Oc3ccccc3)cc1)nn2C1CCN(C(=O)Cc2ccc(CSc3cccc4c3CN(C3CCC(=O)NC3=O)C4=O)cc2)CC1. The lowest BCUT2D eigenvalue weighted by Gasteiger charge is -2.32. The molecular formula is C44H40N8O5S. The van der Waals surface area contributed by atoms with Gasteiger partial charge in [-0.05, 0) is 84.5 Å². The van der Waals surface area contributed by atoms with Gasteiger partial charge in [-0.3, -0.25) is 24.5 Å². The van der Waals surface area contributed by atoms with Crippen molar-refractivity contribution in [3.8, 4) is 22.8 Å². The van der Waals surface area contributed by atoms with Gasteiger partial charge < -0.3 is 20.3 Å². The van der Waals surface area contributed by atoms with Gasteiger partial charge in [-0.15, -0.1) is 11.8 Å². The summed E-state index contributed by atoms with van der Waals surface area (Å²) in [6.07, 6.45) is 3.79. The van der Waals surface area contributed by atoms with Gasteiger partial charge in [0.15, 0.2) is 5.65 Å². The van der Waals surface area contributed by atoms with E-state index in [-0.39, 0.29) is 30.2 Å². The van der Waals surface area contributed by atoms with Crippen molar-refractivity contribution in [2.75, 3.05) is 18.8 Å². The third kappa shape index (κ3) is 7.38. The minimum Gasteiger partial charge on any atom is -0.457 e. The second kappa shape index (κ2) is 15.8. The quantitative estimate of drug-likeness (QED) is 0.118. The molecule has 3 aliphatic rings. The number of fused-ring (bicyclic) bond motifs is 2. The Bertz CT molecular complexity index is 2540. The largest absolute Gasteiger partial charge is 0.457 e. The number of aromatic nitrogens is 4.